The molecule has 0 aliphatic carbocycles. The van der Waals surface area contributed by atoms with Gasteiger partial charge in [0.05, 0.1) is 0 Å². The maximum atomic E-state index is 12.3. The summed E-state index contributed by atoms with van der Waals surface area (Å²) in [5, 5.41) is 3.16. The third-order valence-corrected chi connectivity index (χ3v) is 3.68. The van der Waals surface area contributed by atoms with Gasteiger partial charge in [0.15, 0.2) is 0 Å². The fourth-order valence-corrected chi connectivity index (χ4v) is 2.52. The van der Waals surface area contributed by atoms with E-state index in [2.05, 4.69) is 5.32 Å². The lowest BCUT2D eigenvalue weighted by atomic mass is 10.2. The van der Waals surface area contributed by atoms with Gasteiger partial charge < -0.3 is 10.2 Å². The summed E-state index contributed by atoms with van der Waals surface area (Å²) in [5.74, 6) is -1.19. The molecule has 1 aliphatic rings. The zero-order valence-electron chi connectivity index (χ0n) is 11.2. The average Bonchev–Trinajstić information content (AvgIpc) is 2.92. The number of anilines is 2. The maximum absolute atomic E-state index is 12.3. The number of fused-ring (bicyclic) bond motifs is 1. The van der Waals surface area contributed by atoms with E-state index in [-0.39, 0.29) is 0 Å². The number of nitrogens with zero attached hydrogens (tertiary/aromatic N) is 1. The molecule has 2 aromatic rings. The molecule has 3 rings (SSSR count). The van der Waals surface area contributed by atoms with Crippen molar-refractivity contribution in [2.75, 3.05) is 16.8 Å². The van der Waals surface area contributed by atoms with Gasteiger partial charge in [0.25, 0.3) is 0 Å². The van der Waals surface area contributed by atoms with E-state index in [1.807, 2.05) is 24.3 Å². The molecule has 0 saturated heterocycles. The average molecular weight is 301 g/mol. The van der Waals surface area contributed by atoms with Crippen molar-refractivity contribution in [3.63, 3.8) is 0 Å². The molecular formula is C16H13ClN2O2. The lowest BCUT2D eigenvalue weighted by Gasteiger charge is -2.16. The van der Waals surface area contributed by atoms with E-state index in [9.17, 15) is 9.59 Å². The topological polar surface area (TPSA) is 49.4 Å². The summed E-state index contributed by atoms with van der Waals surface area (Å²) in [5.41, 5.74) is 2.45. The lowest BCUT2D eigenvalue weighted by molar-refractivity contribution is -0.134. The predicted molar refractivity (Wildman–Crippen MR) is 82.6 cm³/mol. The van der Waals surface area contributed by atoms with Gasteiger partial charge in [0.1, 0.15) is 0 Å². The standard InChI is InChI=1S/C16H13ClN2O2/c17-12-5-7-13(8-6-12)18-15(20)16(21)19-10-9-11-3-1-2-4-14(11)19/h1-8H,9-10H2,(H,18,20). The number of benzene rings is 2. The van der Waals surface area contributed by atoms with E-state index in [4.69, 9.17) is 11.6 Å². The Bertz CT molecular complexity index is 698. The fourth-order valence-electron chi connectivity index (χ4n) is 2.39. The van der Waals surface area contributed by atoms with Gasteiger partial charge in [-0.3, -0.25) is 9.59 Å². The summed E-state index contributed by atoms with van der Waals surface area (Å²) in [6.45, 7) is 0.534. The lowest BCUT2D eigenvalue weighted by Crippen LogP contribution is -2.38. The molecule has 1 aliphatic heterocycles. The highest BCUT2D eigenvalue weighted by molar-refractivity contribution is 6.44. The number of hydrogen-bond acceptors (Lipinski definition) is 2. The smallest absolute Gasteiger partial charge is 0.316 e. The molecule has 0 saturated carbocycles. The highest BCUT2D eigenvalue weighted by Gasteiger charge is 2.28. The number of amides is 2. The third kappa shape index (κ3) is 2.76. The number of halogens is 1. The molecule has 0 spiro atoms. The minimum atomic E-state index is -0.644. The van der Waals surface area contributed by atoms with Crippen LogP contribution in [0.2, 0.25) is 5.02 Å². The summed E-state index contributed by atoms with van der Waals surface area (Å²) in [6.07, 6.45) is 0.774. The first-order valence-electron chi connectivity index (χ1n) is 6.61. The van der Waals surface area contributed by atoms with E-state index < -0.39 is 11.8 Å². The molecule has 0 radical (unpaired) electrons. The van der Waals surface area contributed by atoms with Crippen LogP contribution in [0, 0.1) is 0 Å². The molecule has 0 fully saturated rings. The first kappa shape index (κ1) is 13.6. The fraction of sp³-hybridized carbons (Fsp3) is 0.125. The zero-order valence-corrected chi connectivity index (χ0v) is 11.9. The van der Waals surface area contributed by atoms with Gasteiger partial charge >= 0.3 is 11.8 Å². The zero-order chi connectivity index (χ0) is 14.8. The number of carbonyl (C=O) groups is 2. The Kier molecular flexibility index (Phi) is 3.62. The Hall–Kier alpha value is -2.33. The minimum Gasteiger partial charge on any atom is -0.318 e. The summed E-state index contributed by atoms with van der Waals surface area (Å²) in [7, 11) is 0. The van der Waals surface area contributed by atoms with Gasteiger partial charge in [-0.05, 0) is 42.3 Å². The molecule has 1 N–H and O–H groups in total. The van der Waals surface area contributed by atoms with Crippen LogP contribution in [0.5, 0.6) is 0 Å². The second-order valence-electron chi connectivity index (χ2n) is 4.80. The first-order chi connectivity index (χ1) is 10.1. The number of nitrogens with one attached hydrogen (secondary N) is 1. The molecule has 4 nitrogen and oxygen atoms in total. The molecule has 1 heterocycles. The molecule has 2 aromatic carbocycles. The first-order valence-corrected chi connectivity index (χ1v) is 6.99. The summed E-state index contributed by atoms with van der Waals surface area (Å²) in [6, 6.07) is 14.3. The van der Waals surface area contributed by atoms with E-state index in [1.54, 1.807) is 24.3 Å². The van der Waals surface area contributed by atoms with Crippen molar-refractivity contribution in [3.8, 4) is 0 Å². The molecule has 0 atom stereocenters. The van der Waals surface area contributed by atoms with Gasteiger partial charge in [0, 0.05) is 22.9 Å². The summed E-state index contributed by atoms with van der Waals surface area (Å²) >= 11 is 5.78. The number of para-hydroxylation sites is 1. The highest BCUT2D eigenvalue weighted by Crippen LogP contribution is 2.27. The minimum absolute atomic E-state index is 0.534. The summed E-state index contributed by atoms with van der Waals surface area (Å²) in [4.78, 5) is 25.8. The summed E-state index contributed by atoms with van der Waals surface area (Å²) < 4.78 is 0. The normalized spacial score (nSPS) is 12.9. The van der Waals surface area contributed by atoms with Crippen molar-refractivity contribution >= 4 is 34.8 Å². The Labute approximate surface area is 127 Å². The third-order valence-electron chi connectivity index (χ3n) is 3.43. The van der Waals surface area contributed by atoms with Crippen LogP contribution in [-0.4, -0.2) is 18.4 Å². The van der Waals surface area contributed by atoms with Crippen LogP contribution in [-0.2, 0) is 16.0 Å². The van der Waals surface area contributed by atoms with Crippen molar-refractivity contribution in [2.24, 2.45) is 0 Å². The van der Waals surface area contributed by atoms with E-state index in [0.717, 1.165) is 17.7 Å². The van der Waals surface area contributed by atoms with Crippen LogP contribution in [0.25, 0.3) is 0 Å². The van der Waals surface area contributed by atoms with Gasteiger partial charge in [-0.2, -0.15) is 0 Å². The van der Waals surface area contributed by atoms with Crippen LogP contribution in [0.1, 0.15) is 5.56 Å². The second kappa shape index (κ2) is 5.58. The van der Waals surface area contributed by atoms with Crippen molar-refractivity contribution in [1.82, 2.24) is 0 Å². The van der Waals surface area contributed by atoms with E-state index in [0.29, 0.717) is 17.3 Å². The number of carbonyl (C=O) groups excluding carboxylic acids is 2. The largest absolute Gasteiger partial charge is 0.318 e. The van der Waals surface area contributed by atoms with Crippen molar-refractivity contribution in [2.45, 2.75) is 6.42 Å². The molecule has 21 heavy (non-hydrogen) atoms. The van der Waals surface area contributed by atoms with Crippen LogP contribution in [0.15, 0.2) is 48.5 Å². The molecular weight excluding hydrogens is 288 g/mol. The molecule has 5 heteroatoms. The van der Waals surface area contributed by atoms with Gasteiger partial charge in [-0.25, -0.2) is 0 Å². The van der Waals surface area contributed by atoms with Crippen molar-refractivity contribution in [1.29, 1.82) is 0 Å². The number of rotatable bonds is 1. The van der Waals surface area contributed by atoms with Gasteiger partial charge in [-0.1, -0.05) is 29.8 Å². The predicted octanol–water partition coefficient (Wildman–Crippen LogP) is 2.87. The van der Waals surface area contributed by atoms with Crippen molar-refractivity contribution in [3.05, 3.63) is 59.1 Å². The van der Waals surface area contributed by atoms with Crippen LogP contribution in [0.3, 0.4) is 0 Å². The monoisotopic (exact) mass is 300 g/mol. The second-order valence-corrected chi connectivity index (χ2v) is 5.23. The number of hydrogen-bond donors (Lipinski definition) is 1. The Morgan fingerprint density at radius 3 is 2.52 bits per heavy atom. The van der Waals surface area contributed by atoms with Crippen LogP contribution >= 0.6 is 11.6 Å². The van der Waals surface area contributed by atoms with E-state index in [1.165, 1.54) is 4.90 Å². The van der Waals surface area contributed by atoms with Crippen LogP contribution in [0.4, 0.5) is 11.4 Å². The van der Waals surface area contributed by atoms with E-state index >= 15 is 0 Å². The molecule has 0 unspecified atom stereocenters. The van der Waals surface area contributed by atoms with Gasteiger partial charge in [0.2, 0.25) is 0 Å². The van der Waals surface area contributed by atoms with Crippen molar-refractivity contribution < 1.29 is 9.59 Å². The van der Waals surface area contributed by atoms with Crippen LogP contribution < -0.4 is 10.2 Å². The SMILES string of the molecule is O=C(Nc1ccc(Cl)cc1)C(=O)N1CCc2ccccc21. The van der Waals surface area contributed by atoms with Gasteiger partial charge in [-0.15, -0.1) is 0 Å². The quantitative estimate of drug-likeness (QED) is 0.823. The maximum Gasteiger partial charge on any atom is 0.316 e. The highest BCUT2D eigenvalue weighted by atomic mass is 35.5. The molecule has 106 valence electrons. The Morgan fingerprint density at radius 1 is 1.05 bits per heavy atom. The Morgan fingerprint density at radius 2 is 1.76 bits per heavy atom. The molecule has 0 bridgehead atoms. The molecule has 2 amide bonds. The molecule has 0 aromatic heterocycles. The Balaban J connectivity index is 1.74.